The number of hydrogen-bond donors (Lipinski definition) is 4. The van der Waals surface area contributed by atoms with Gasteiger partial charge in [-0.15, -0.1) is 0 Å². The van der Waals surface area contributed by atoms with Crippen LogP contribution in [0, 0.1) is 0 Å². The van der Waals surface area contributed by atoms with Crippen LogP contribution in [0.5, 0.6) is 0 Å². The van der Waals surface area contributed by atoms with E-state index in [-0.39, 0.29) is 19.6 Å². The Morgan fingerprint density at radius 1 is 0.513 bits per heavy atom. The van der Waals surface area contributed by atoms with Gasteiger partial charge in [-0.25, -0.2) is 4.18 Å². The van der Waals surface area contributed by atoms with Gasteiger partial charge in [-0.1, -0.05) is 227 Å². The van der Waals surface area contributed by atoms with Crippen LogP contribution in [0.15, 0.2) is 97.2 Å². The molecule has 0 aromatic heterocycles. The summed E-state index contributed by atoms with van der Waals surface area (Å²) in [7, 11) is -5.08. The van der Waals surface area contributed by atoms with E-state index in [1.807, 2.05) is 0 Å². The van der Waals surface area contributed by atoms with Crippen LogP contribution in [-0.4, -0.2) is 97.5 Å². The standard InChI is InChI=1S/C63H108O12S/c1-3-5-7-9-11-13-15-17-19-21-23-25-27-28-29-31-33-35-37-39-41-43-45-47-49-51-53-71-55-57(56-72-63-61(67)62(75-76(68,69)70)60(66)58(54-64)74-63)73-59(65)52-50-48-46-44-42-40-38-36-34-32-30-26-24-22-20-18-16-14-12-10-8-6-4-2/h6,8,12,14-15,17-18,20-21,23-24,26,32,34,38,40,57-58,60-64,66-67H,3-5,7,9-11,13,16,19,22,25,27-31,33,35-37,39,41-56H2,1-2H3,(H,68,69,70)/b8-6-,14-12-,17-15-,20-18-,23-21-,26-24-,34-32-,40-38-. The number of carbonyl (C=O) groups excluding carboxylic acids is 1. The van der Waals surface area contributed by atoms with Crippen LogP contribution in [0.3, 0.4) is 0 Å². The maximum atomic E-state index is 13.0. The summed E-state index contributed by atoms with van der Waals surface area (Å²) >= 11 is 0. The number of carbonyl (C=O) groups is 1. The highest BCUT2D eigenvalue weighted by atomic mass is 32.3. The highest BCUT2D eigenvalue weighted by Crippen LogP contribution is 2.26. The predicted octanol–water partition coefficient (Wildman–Crippen LogP) is 15.3. The van der Waals surface area contributed by atoms with Crippen LogP contribution in [0.4, 0.5) is 0 Å². The second-order valence-electron chi connectivity index (χ2n) is 20.2. The average Bonchev–Trinajstić information content (AvgIpc) is 3.40. The summed E-state index contributed by atoms with van der Waals surface area (Å²) in [5.74, 6) is -0.424. The average molecular weight is 1090 g/mol. The van der Waals surface area contributed by atoms with Crippen molar-refractivity contribution in [1.29, 1.82) is 0 Å². The van der Waals surface area contributed by atoms with Crippen molar-refractivity contribution in [2.24, 2.45) is 0 Å². The zero-order chi connectivity index (χ0) is 55.3. The number of ether oxygens (including phenoxy) is 4. The van der Waals surface area contributed by atoms with Crippen LogP contribution in [0.2, 0.25) is 0 Å². The first-order chi connectivity index (χ1) is 37.1. The molecule has 76 heavy (non-hydrogen) atoms. The zero-order valence-electron chi connectivity index (χ0n) is 47.5. The fourth-order valence-electron chi connectivity index (χ4n) is 8.71. The number of rotatable bonds is 52. The highest BCUT2D eigenvalue weighted by molar-refractivity contribution is 7.80. The van der Waals surface area contributed by atoms with E-state index in [4.69, 9.17) is 18.9 Å². The van der Waals surface area contributed by atoms with Crippen molar-refractivity contribution < 1.29 is 56.2 Å². The van der Waals surface area contributed by atoms with Crippen molar-refractivity contribution >= 4 is 16.4 Å². The molecule has 438 valence electrons. The summed E-state index contributed by atoms with van der Waals surface area (Å²) in [6.07, 6.45) is 64.4. The second-order valence-corrected chi connectivity index (χ2v) is 21.3. The van der Waals surface area contributed by atoms with Crippen LogP contribution < -0.4 is 0 Å². The normalized spacial score (nSPS) is 19.3. The maximum absolute atomic E-state index is 13.0. The fraction of sp³-hybridized carbons (Fsp3) is 0.730. The minimum absolute atomic E-state index is 0.0201. The largest absolute Gasteiger partial charge is 0.457 e. The molecule has 4 N–H and O–H groups in total. The van der Waals surface area contributed by atoms with E-state index in [2.05, 4.69) is 115 Å². The lowest BCUT2D eigenvalue weighted by Gasteiger charge is -2.41. The quantitative estimate of drug-likeness (QED) is 0.0196. The molecule has 1 rings (SSSR count). The van der Waals surface area contributed by atoms with Crippen molar-refractivity contribution in [3.05, 3.63) is 97.2 Å². The van der Waals surface area contributed by atoms with Gasteiger partial charge in [0.1, 0.15) is 30.5 Å². The Bertz CT molecular complexity index is 1680. The SMILES string of the molecule is CC/C=C\C/C=C\C/C=C\C/C=C\C/C=C\C/C=C\CCCCCCC(=O)OC(COCCCCCCCCCCCCCCCC/C=C\C/C=C\CCCCCCC)COC1OC(CO)C(O)C(OS(=O)(=O)O)C1O. The molecule has 0 aromatic rings. The van der Waals surface area contributed by atoms with E-state index in [9.17, 15) is 33.1 Å². The molecular formula is C63H108O12S. The first-order valence-corrected chi connectivity index (χ1v) is 31.4. The number of esters is 1. The summed E-state index contributed by atoms with van der Waals surface area (Å²) in [6, 6.07) is 0. The number of unbranched alkanes of at least 4 members (excludes halogenated alkanes) is 23. The lowest BCUT2D eigenvalue weighted by Crippen LogP contribution is -2.60. The Kier molecular flexibility index (Phi) is 49.3. The third kappa shape index (κ3) is 44.9. The van der Waals surface area contributed by atoms with E-state index in [1.54, 1.807) is 0 Å². The van der Waals surface area contributed by atoms with Gasteiger partial charge >= 0.3 is 16.4 Å². The number of aliphatic hydroxyl groups excluding tert-OH is 3. The number of aliphatic hydroxyl groups is 3. The molecule has 0 amide bonds. The van der Waals surface area contributed by atoms with Crippen LogP contribution >= 0.6 is 0 Å². The summed E-state index contributed by atoms with van der Waals surface area (Å²) < 4.78 is 59.5. The summed E-state index contributed by atoms with van der Waals surface area (Å²) in [6.45, 7) is 3.85. The van der Waals surface area contributed by atoms with Crippen molar-refractivity contribution in [3.8, 4) is 0 Å². The molecule has 1 heterocycles. The zero-order valence-corrected chi connectivity index (χ0v) is 48.4. The summed E-state index contributed by atoms with van der Waals surface area (Å²) in [4.78, 5) is 13.0. The Balaban J connectivity index is 2.31. The molecule has 0 bridgehead atoms. The molecule has 6 unspecified atom stereocenters. The molecule has 0 aliphatic carbocycles. The molecule has 0 saturated carbocycles. The fourth-order valence-corrected chi connectivity index (χ4v) is 9.22. The highest BCUT2D eigenvalue weighted by Gasteiger charge is 2.48. The van der Waals surface area contributed by atoms with Gasteiger partial charge in [-0.2, -0.15) is 8.42 Å². The van der Waals surface area contributed by atoms with Gasteiger partial charge in [0.25, 0.3) is 0 Å². The lowest BCUT2D eigenvalue weighted by molar-refractivity contribution is -0.301. The molecule has 12 nitrogen and oxygen atoms in total. The van der Waals surface area contributed by atoms with E-state index < -0.39 is 59.8 Å². The van der Waals surface area contributed by atoms with Crippen molar-refractivity contribution in [1.82, 2.24) is 0 Å². The first-order valence-electron chi connectivity index (χ1n) is 30.0. The maximum Gasteiger partial charge on any atom is 0.397 e. The van der Waals surface area contributed by atoms with E-state index in [1.165, 1.54) is 116 Å². The van der Waals surface area contributed by atoms with E-state index >= 15 is 0 Å². The van der Waals surface area contributed by atoms with Crippen LogP contribution in [0.1, 0.15) is 232 Å². The number of hydrogen-bond acceptors (Lipinski definition) is 11. The smallest absolute Gasteiger partial charge is 0.397 e. The van der Waals surface area contributed by atoms with Gasteiger partial charge in [-0.05, 0) is 96.3 Å². The van der Waals surface area contributed by atoms with Crippen LogP contribution in [0.25, 0.3) is 0 Å². The Morgan fingerprint density at radius 2 is 0.908 bits per heavy atom. The molecular weight excluding hydrogens is 981 g/mol. The molecule has 1 aliphatic heterocycles. The van der Waals surface area contributed by atoms with Gasteiger partial charge < -0.3 is 34.3 Å². The van der Waals surface area contributed by atoms with Gasteiger partial charge in [0.2, 0.25) is 0 Å². The van der Waals surface area contributed by atoms with Crippen molar-refractivity contribution in [2.45, 2.75) is 269 Å². The van der Waals surface area contributed by atoms with Gasteiger partial charge in [0.05, 0.1) is 19.8 Å². The molecule has 1 saturated heterocycles. The predicted molar refractivity (Wildman–Crippen MR) is 312 cm³/mol. The second kappa shape index (κ2) is 52.7. The van der Waals surface area contributed by atoms with Crippen LogP contribution in [-0.2, 0) is 38.3 Å². The molecule has 0 radical (unpaired) electrons. The molecule has 13 heteroatoms. The summed E-state index contributed by atoms with van der Waals surface area (Å²) in [5, 5.41) is 30.9. The summed E-state index contributed by atoms with van der Waals surface area (Å²) in [5.41, 5.74) is 0. The molecule has 0 aromatic carbocycles. The first kappa shape index (κ1) is 71.0. The van der Waals surface area contributed by atoms with Crippen molar-refractivity contribution in [2.75, 3.05) is 26.4 Å². The van der Waals surface area contributed by atoms with Gasteiger partial charge in [0, 0.05) is 13.0 Å². The van der Waals surface area contributed by atoms with E-state index in [0.29, 0.717) is 13.0 Å². The molecule has 6 atom stereocenters. The third-order valence-corrected chi connectivity index (χ3v) is 13.7. The minimum atomic E-state index is -5.08. The lowest BCUT2D eigenvalue weighted by atomic mass is 9.99. The molecule has 1 fully saturated rings. The third-order valence-electron chi connectivity index (χ3n) is 13.2. The van der Waals surface area contributed by atoms with Crippen molar-refractivity contribution in [3.63, 3.8) is 0 Å². The molecule has 0 spiro atoms. The Hall–Kier alpha value is -2.98. The monoisotopic (exact) mass is 1090 g/mol. The van der Waals surface area contributed by atoms with E-state index in [0.717, 1.165) is 89.9 Å². The minimum Gasteiger partial charge on any atom is -0.457 e. The Labute approximate surface area is 463 Å². The van der Waals surface area contributed by atoms with Gasteiger partial charge in [-0.3, -0.25) is 9.35 Å². The molecule has 1 aliphatic rings. The number of allylic oxidation sites excluding steroid dienone is 16. The van der Waals surface area contributed by atoms with Gasteiger partial charge in [0.15, 0.2) is 6.29 Å². The topological polar surface area (TPSA) is 178 Å². The Morgan fingerprint density at radius 3 is 1.33 bits per heavy atom.